The monoisotopic (exact) mass is 283 g/mol. The van der Waals surface area contributed by atoms with E-state index < -0.39 is 11.6 Å². The number of rotatable bonds is 4. The SMILES string of the molecule is NCc1ccc(Cl)cc1OCc1ccc(F)c(F)c1. The third kappa shape index (κ3) is 3.43. The van der Waals surface area contributed by atoms with Crippen molar-refractivity contribution in [3.05, 3.63) is 64.2 Å². The third-order valence-electron chi connectivity index (χ3n) is 2.63. The second-order valence-electron chi connectivity index (χ2n) is 3.99. The first kappa shape index (κ1) is 13.8. The Morgan fingerprint density at radius 2 is 1.84 bits per heavy atom. The van der Waals surface area contributed by atoms with E-state index in [0.29, 0.717) is 22.9 Å². The normalized spacial score (nSPS) is 10.5. The van der Waals surface area contributed by atoms with E-state index in [1.807, 2.05) is 0 Å². The van der Waals surface area contributed by atoms with Crippen molar-refractivity contribution in [1.29, 1.82) is 0 Å². The van der Waals surface area contributed by atoms with E-state index in [1.54, 1.807) is 18.2 Å². The Bertz CT molecular complexity index is 590. The number of hydrogen-bond acceptors (Lipinski definition) is 2. The molecule has 5 heteroatoms. The quantitative estimate of drug-likeness (QED) is 0.929. The van der Waals surface area contributed by atoms with Gasteiger partial charge in [-0.3, -0.25) is 0 Å². The van der Waals surface area contributed by atoms with Crippen molar-refractivity contribution in [1.82, 2.24) is 0 Å². The lowest BCUT2D eigenvalue weighted by molar-refractivity contribution is 0.302. The van der Waals surface area contributed by atoms with Gasteiger partial charge in [0.05, 0.1) is 0 Å². The molecule has 0 saturated carbocycles. The zero-order chi connectivity index (χ0) is 13.8. The molecule has 0 aliphatic heterocycles. The van der Waals surface area contributed by atoms with Crippen molar-refractivity contribution in [2.24, 2.45) is 5.73 Å². The lowest BCUT2D eigenvalue weighted by Gasteiger charge is -2.11. The number of hydrogen-bond donors (Lipinski definition) is 1. The summed E-state index contributed by atoms with van der Waals surface area (Å²) in [4.78, 5) is 0. The van der Waals surface area contributed by atoms with Gasteiger partial charge in [-0.25, -0.2) is 8.78 Å². The Morgan fingerprint density at radius 3 is 2.53 bits per heavy atom. The van der Waals surface area contributed by atoms with E-state index in [0.717, 1.165) is 17.7 Å². The molecule has 19 heavy (non-hydrogen) atoms. The molecule has 2 rings (SSSR count). The van der Waals surface area contributed by atoms with Crippen LogP contribution in [0.5, 0.6) is 5.75 Å². The fraction of sp³-hybridized carbons (Fsp3) is 0.143. The molecule has 0 bridgehead atoms. The molecule has 0 amide bonds. The van der Waals surface area contributed by atoms with Crippen molar-refractivity contribution in [2.75, 3.05) is 0 Å². The zero-order valence-electron chi connectivity index (χ0n) is 10.00. The summed E-state index contributed by atoms with van der Waals surface area (Å²) in [5.74, 6) is -1.24. The minimum Gasteiger partial charge on any atom is -0.489 e. The summed E-state index contributed by atoms with van der Waals surface area (Å²) in [6.45, 7) is 0.425. The van der Waals surface area contributed by atoms with Crippen LogP contribution in [0.25, 0.3) is 0 Å². The molecule has 0 unspecified atom stereocenters. The van der Waals surface area contributed by atoms with Crippen LogP contribution in [0.15, 0.2) is 36.4 Å². The summed E-state index contributed by atoms with van der Waals surface area (Å²) < 4.78 is 31.4. The number of nitrogens with two attached hydrogens (primary N) is 1. The molecule has 0 saturated heterocycles. The highest BCUT2D eigenvalue weighted by Crippen LogP contribution is 2.24. The molecular formula is C14H12ClF2NO. The summed E-state index contributed by atoms with van der Waals surface area (Å²) in [6.07, 6.45) is 0. The average Bonchev–Trinajstić information content (AvgIpc) is 2.40. The molecular weight excluding hydrogens is 272 g/mol. The molecule has 2 nitrogen and oxygen atoms in total. The second-order valence-corrected chi connectivity index (χ2v) is 4.43. The van der Waals surface area contributed by atoms with Crippen molar-refractivity contribution in [3.8, 4) is 5.75 Å². The van der Waals surface area contributed by atoms with Gasteiger partial charge in [0.1, 0.15) is 12.4 Å². The van der Waals surface area contributed by atoms with Crippen LogP contribution < -0.4 is 10.5 Å². The molecule has 2 aromatic carbocycles. The molecule has 0 aromatic heterocycles. The van der Waals surface area contributed by atoms with Gasteiger partial charge in [0, 0.05) is 17.1 Å². The standard InChI is InChI=1S/C14H12ClF2NO/c15-11-3-2-10(7-18)14(6-11)19-8-9-1-4-12(16)13(17)5-9/h1-6H,7-8,18H2. The van der Waals surface area contributed by atoms with Crippen molar-refractivity contribution in [2.45, 2.75) is 13.2 Å². The van der Waals surface area contributed by atoms with E-state index in [1.165, 1.54) is 6.07 Å². The van der Waals surface area contributed by atoms with Crippen LogP contribution in [-0.2, 0) is 13.2 Å². The van der Waals surface area contributed by atoms with Gasteiger partial charge in [0.15, 0.2) is 11.6 Å². The molecule has 0 aliphatic rings. The predicted octanol–water partition coefficient (Wildman–Crippen LogP) is 3.66. The van der Waals surface area contributed by atoms with Crippen LogP contribution >= 0.6 is 11.6 Å². The van der Waals surface area contributed by atoms with Gasteiger partial charge >= 0.3 is 0 Å². The fourth-order valence-corrected chi connectivity index (χ4v) is 1.78. The Balaban J connectivity index is 2.13. The Morgan fingerprint density at radius 1 is 1.05 bits per heavy atom. The van der Waals surface area contributed by atoms with Gasteiger partial charge in [-0.05, 0) is 29.8 Å². The number of ether oxygens (including phenoxy) is 1. The van der Waals surface area contributed by atoms with Crippen LogP contribution in [-0.4, -0.2) is 0 Å². The summed E-state index contributed by atoms with van der Waals surface area (Å²) >= 11 is 5.87. The molecule has 0 atom stereocenters. The molecule has 0 heterocycles. The molecule has 2 aromatic rings. The fourth-order valence-electron chi connectivity index (χ4n) is 1.62. The van der Waals surface area contributed by atoms with Crippen LogP contribution in [0.1, 0.15) is 11.1 Å². The van der Waals surface area contributed by atoms with Crippen LogP contribution in [0.2, 0.25) is 5.02 Å². The summed E-state index contributed by atoms with van der Waals surface area (Å²) in [7, 11) is 0. The predicted molar refractivity (Wildman–Crippen MR) is 70.0 cm³/mol. The van der Waals surface area contributed by atoms with Gasteiger partial charge in [0.25, 0.3) is 0 Å². The smallest absolute Gasteiger partial charge is 0.159 e. The van der Waals surface area contributed by atoms with Gasteiger partial charge in [-0.15, -0.1) is 0 Å². The van der Waals surface area contributed by atoms with Crippen molar-refractivity contribution < 1.29 is 13.5 Å². The van der Waals surface area contributed by atoms with E-state index in [2.05, 4.69) is 0 Å². The summed E-state index contributed by atoms with van der Waals surface area (Å²) in [5, 5.41) is 0.525. The van der Waals surface area contributed by atoms with Gasteiger partial charge in [0.2, 0.25) is 0 Å². The molecule has 100 valence electrons. The molecule has 0 aliphatic carbocycles. The largest absolute Gasteiger partial charge is 0.489 e. The van der Waals surface area contributed by atoms with Gasteiger partial charge in [-0.1, -0.05) is 23.7 Å². The summed E-state index contributed by atoms with van der Waals surface area (Å²) in [6, 6.07) is 8.75. The second kappa shape index (κ2) is 5.99. The molecule has 0 spiro atoms. The van der Waals surface area contributed by atoms with Crippen LogP contribution in [0.4, 0.5) is 8.78 Å². The maximum atomic E-state index is 13.0. The van der Waals surface area contributed by atoms with Crippen molar-refractivity contribution >= 4 is 11.6 Å². The van der Waals surface area contributed by atoms with Gasteiger partial charge in [-0.2, -0.15) is 0 Å². The first-order valence-electron chi connectivity index (χ1n) is 5.65. The van der Waals surface area contributed by atoms with E-state index in [-0.39, 0.29) is 6.61 Å². The average molecular weight is 284 g/mol. The Labute approximate surface area is 114 Å². The van der Waals surface area contributed by atoms with E-state index in [4.69, 9.17) is 22.1 Å². The first-order chi connectivity index (χ1) is 9.10. The highest BCUT2D eigenvalue weighted by atomic mass is 35.5. The Hall–Kier alpha value is -1.65. The molecule has 2 N–H and O–H groups in total. The highest BCUT2D eigenvalue weighted by Gasteiger charge is 2.06. The topological polar surface area (TPSA) is 35.2 Å². The Kier molecular flexibility index (Phi) is 4.35. The minimum atomic E-state index is -0.897. The molecule has 0 fully saturated rings. The van der Waals surface area contributed by atoms with Gasteiger partial charge < -0.3 is 10.5 Å². The van der Waals surface area contributed by atoms with Crippen LogP contribution in [0, 0.1) is 11.6 Å². The number of halogens is 3. The lowest BCUT2D eigenvalue weighted by atomic mass is 10.2. The lowest BCUT2D eigenvalue weighted by Crippen LogP contribution is -2.03. The van der Waals surface area contributed by atoms with Crippen molar-refractivity contribution in [3.63, 3.8) is 0 Å². The third-order valence-corrected chi connectivity index (χ3v) is 2.86. The zero-order valence-corrected chi connectivity index (χ0v) is 10.8. The van der Waals surface area contributed by atoms with Crippen LogP contribution in [0.3, 0.4) is 0 Å². The maximum absolute atomic E-state index is 13.0. The summed E-state index contributed by atoms with van der Waals surface area (Å²) in [5.41, 5.74) is 6.91. The maximum Gasteiger partial charge on any atom is 0.159 e. The first-order valence-corrected chi connectivity index (χ1v) is 6.03. The molecule has 0 radical (unpaired) electrons. The van der Waals surface area contributed by atoms with E-state index in [9.17, 15) is 8.78 Å². The van der Waals surface area contributed by atoms with E-state index >= 15 is 0 Å². The minimum absolute atomic E-state index is 0.116. The highest BCUT2D eigenvalue weighted by molar-refractivity contribution is 6.30. The number of benzene rings is 2.